The number of benzene rings is 1. The first-order valence-corrected chi connectivity index (χ1v) is 5.49. The van der Waals surface area contributed by atoms with Gasteiger partial charge in [-0.3, -0.25) is 0 Å². The van der Waals surface area contributed by atoms with Gasteiger partial charge < -0.3 is 10.1 Å². The smallest absolute Gasteiger partial charge is 0.136 e. The number of hydrogen-bond acceptors (Lipinski definition) is 3. The molecule has 0 radical (unpaired) electrons. The van der Waals surface area contributed by atoms with Crippen LogP contribution in [0.1, 0.15) is 30.9 Å². The summed E-state index contributed by atoms with van der Waals surface area (Å²) in [5, 5.41) is 12.4. The Kier molecular flexibility index (Phi) is 2.84. The molecule has 1 aliphatic carbocycles. The molecule has 0 aliphatic heterocycles. The fourth-order valence-corrected chi connectivity index (χ4v) is 1.62. The molecular formula is C13H16N2O. The Morgan fingerprint density at radius 2 is 2.25 bits per heavy atom. The Balaban J connectivity index is 2.07. The Bertz CT molecular complexity index is 430. The number of nitrogens with one attached hydrogen (secondary N) is 1. The summed E-state index contributed by atoms with van der Waals surface area (Å²) in [6.07, 6.45) is 2.50. The highest BCUT2D eigenvalue weighted by Gasteiger charge is 2.36. The molecule has 0 spiro atoms. The highest BCUT2D eigenvalue weighted by Crippen LogP contribution is 2.34. The van der Waals surface area contributed by atoms with Gasteiger partial charge in [0.1, 0.15) is 11.8 Å². The molecule has 16 heavy (non-hydrogen) atoms. The normalized spacial score (nSPS) is 16.6. The molecule has 1 aliphatic rings. The average Bonchev–Trinajstić information content (AvgIpc) is 3.05. The molecule has 0 amide bonds. The average molecular weight is 216 g/mol. The van der Waals surface area contributed by atoms with Crippen molar-refractivity contribution in [2.45, 2.75) is 31.8 Å². The predicted octanol–water partition coefficient (Wildman–Crippen LogP) is 2.21. The van der Waals surface area contributed by atoms with Crippen molar-refractivity contribution >= 4 is 0 Å². The zero-order valence-corrected chi connectivity index (χ0v) is 9.71. The van der Waals surface area contributed by atoms with Crippen molar-refractivity contribution in [1.82, 2.24) is 5.32 Å². The van der Waals surface area contributed by atoms with E-state index in [4.69, 9.17) is 10.00 Å². The third-order valence-corrected chi connectivity index (χ3v) is 3.11. The molecule has 0 aromatic heterocycles. The van der Waals surface area contributed by atoms with Crippen molar-refractivity contribution in [2.24, 2.45) is 0 Å². The maximum Gasteiger partial charge on any atom is 0.136 e. The highest BCUT2D eigenvalue weighted by atomic mass is 16.5. The summed E-state index contributed by atoms with van der Waals surface area (Å²) < 4.78 is 5.17. The number of methoxy groups -OCH3 is 1. The molecule has 84 valence electrons. The standard InChI is InChI=1S/C13H16N2O/c1-13(5-6-13)15-9-10-3-4-11(8-14)12(7-10)16-2/h3-4,7,15H,5-6,9H2,1-2H3. The minimum Gasteiger partial charge on any atom is -0.495 e. The van der Waals surface area contributed by atoms with E-state index in [0.717, 1.165) is 12.1 Å². The van der Waals surface area contributed by atoms with Crippen LogP contribution in [-0.2, 0) is 6.54 Å². The van der Waals surface area contributed by atoms with E-state index in [9.17, 15) is 0 Å². The van der Waals surface area contributed by atoms with Crippen LogP contribution in [0.3, 0.4) is 0 Å². The van der Waals surface area contributed by atoms with Crippen LogP contribution in [0, 0.1) is 11.3 Å². The van der Waals surface area contributed by atoms with Gasteiger partial charge in [0.15, 0.2) is 0 Å². The number of rotatable bonds is 4. The van der Waals surface area contributed by atoms with Crippen LogP contribution in [0.4, 0.5) is 0 Å². The van der Waals surface area contributed by atoms with Crippen LogP contribution in [-0.4, -0.2) is 12.6 Å². The first-order chi connectivity index (χ1) is 7.67. The van der Waals surface area contributed by atoms with Gasteiger partial charge in [0, 0.05) is 12.1 Å². The van der Waals surface area contributed by atoms with E-state index in [1.807, 2.05) is 18.2 Å². The molecule has 3 heteroatoms. The number of hydrogen-bond donors (Lipinski definition) is 1. The molecule has 0 atom stereocenters. The second-order valence-electron chi connectivity index (χ2n) is 4.56. The second-order valence-corrected chi connectivity index (χ2v) is 4.56. The Morgan fingerprint density at radius 1 is 1.50 bits per heavy atom. The molecule has 3 nitrogen and oxygen atoms in total. The van der Waals surface area contributed by atoms with E-state index >= 15 is 0 Å². The summed E-state index contributed by atoms with van der Waals surface area (Å²) in [7, 11) is 1.59. The van der Waals surface area contributed by atoms with Gasteiger partial charge in [-0.1, -0.05) is 6.07 Å². The fraction of sp³-hybridized carbons (Fsp3) is 0.462. The van der Waals surface area contributed by atoms with Crippen LogP contribution >= 0.6 is 0 Å². The van der Waals surface area contributed by atoms with Gasteiger partial charge in [-0.05, 0) is 37.5 Å². The largest absolute Gasteiger partial charge is 0.495 e. The molecule has 1 N–H and O–H groups in total. The van der Waals surface area contributed by atoms with Crippen LogP contribution < -0.4 is 10.1 Å². The number of ether oxygens (including phenoxy) is 1. The van der Waals surface area contributed by atoms with Crippen LogP contribution in [0.2, 0.25) is 0 Å². The first-order valence-electron chi connectivity index (χ1n) is 5.49. The van der Waals surface area contributed by atoms with Gasteiger partial charge in [0.05, 0.1) is 12.7 Å². The minimum absolute atomic E-state index is 0.334. The van der Waals surface area contributed by atoms with Gasteiger partial charge in [0.25, 0.3) is 0 Å². The van der Waals surface area contributed by atoms with Gasteiger partial charge >= 0.3 is 0 Å². The molecule has 0 heterocycles. The molecule has 1 saturated carbocycles. The Hall–Kier alpha value is -1.53. The summed E-state index contributed by atoms with van der Waals surface area (Å²) in [5.74, 6) is 0.655. The lowest BCUT2D eigenvalue weighted by atomic mass is 10.1. The zero-order valence-electron chi connectivity index (χ0n) is 9.71. The summed E-state index contributed by atoms with van der Waals surface area (Å²) in [4.78, 5) is 0. The fourth-order valence-electron chi connectivity index (χ4n) is 1.62. The second kappa shape index (κ2) is 4.15. The van der Waals surface area contributed by atoms with Crippen molar-refractivity contribution in [3.8, 4) is 11.8 Å². The molecule has 0 bridgehead atoms. The van der Waals surface area contributed by atoms with Gasteiger partial charge in [-0.2, -0.15) is 5.26 Å². The van der Waals surface area contributed by atoms with Gasteiger partial charge in [-0.25, -0.2) is 0 Å². The lowest BCUT2D eigenvalue weighted by Crippen LogP contribution is -2.26. The molecule has 0 unspecified atom stereocenters. The van der Waals surface area contributed by atoms with E-state index in [1.54, 1.807) is 7.11 Å². The van der Waals surface area contributed by atoms with Crippen molar-refractivity contribution in [3.05, 3.63) is 29.3 Å². The zero-order chi connectivity index (χ0) is 11.6. The molecule has 1 fully saturated rings. The maximum absolute atomic E-state index is 8.86. The number of nitrogens with zero attached hydrogens (tertiary/aromatic N) is 1. The topological polar surface area (TPSA) is 45.0 Å². The van der Waals surface area contributed by atoms with Crippen molar-refractivity contribution < 1.29 is 4.74 Å². The predicted molar refractivity (Wildman–Crippen MR) is 62.2 cm³/mol. The highest BCUT2D eigenvalue weighted by molar-refractivity contribution is 5.45. The molecular weight excluding hydrogens is 200 g/mol. The summed E-state index contributed by atoms with van der Waals surface area (Å²) >= 11 is 0. The quantitative estimate of drug-likeness (QED) is 0.839. The summed E-state index contributed by atoms with van der Waals surface area (Å²) in [6.45, 7) is 3.06. The molecule has 0 saturated heterocycles. The maximum atomic E-state index is 8.86. The first kappa shape index (κ1) is 11.0. The number of nitriles is 1. The van der Waals surface area contributed by atoms with Crippen molar-refractivity contribution in [1.29, 1.82) is 5.26 Å². The third kappa shape index (κ3) is 2.34. The summed E-state index contributed by atoms with van der Waals surface area (Å²) in [6, 6.07) is 7.82. The van der Waals surface area contributed by atoms with E-state index < -0.39 is 0 Å². The van der Waals surface area contributed by atoms with Gasteiger partial charge in [0.2, 0.25) is 0 Å². The Labute approximate surface area is 96.0 Å². The van der Waals surface area contributed by atoms with Crippen LogP contribution in [0.15, 0.2) is 18.2 Å². The lowest BCUT2D eigenvalue weighted by molar-refractivity contribution is 0.412. The van der Waals surface area contributed by atoms with E-state index in [1.165, 1.54) is 12.8 Å². The lowest BCUT2D eigenvalue weighted by Gasteiger charge is -2.12. The monoisotopic (exact) mass is 216 g/mol. The minimum atomic E-state index is 0.334. The van der Waals surface area contributed by atoms with E-state index in [2.05, 4.69) is 18.3 Å². The SMILES string of the molecule is COc1cc(CNC2(C)CC2)ccc1C#N. The van der Waals surface area contributed by atoms with Crippen molar-refractivity contribution in [2.75, 3.05) is 7.11 Å². The molecule has 1 aromatic carbocycles. The van der Waals surface area contributed by atoms with E-state index in [0.29, 0.717) is 16.9 Å². The molecule has 1 aromatic rings. The van der Waals surface area contributed by atoms with Crippen LogP contribution in [0.5, 0.6) is 5.75 Å². The Morgan fingerprint density at radius 3 is 2.81 bits per heavy atom. The van der Waals surface area contributed by atoms with Crippen molar-refractivity contribution in [3.63, 3.8) is 0 Å². The van der Waals surface area contributed by atoms with Crippen LogP contribution in [0.25, 0.3) is 0 Å². The molecule has 2 rings (SSSR count). The van der Waals surface area contributed by atoms with Gasteiger partial charge in [-0.15, -0.1) is 0 Å². The van der Waals surface area contributed by atoms with E-state index in [-0.39, 0.29) is 0 Å². The summed E-state index contributed by atoms with van der Waals surface area (Å²) in [5.41, 5.74) is 2.08. The third-order valence-electron chi connectivity index (χ3n) is 3.11.